The number of carbonyl (C=O) groups is 2. The Balaban J connectivity index is 1.29. The molecule has 0 N–H and O–H groups in total. The maximum Gasteiger partial charge on any atom is 0.257 e. The Kier molecular flexibility index (Phi) is 6.00. The number of rotatable bonds is 5. The Morgan fingerprint density at radius 1 is 0.897 bits per heavy atom. The molecule has 0 unspecified atom stereocenters. The molecule has 8 nitrogen and oxygen atoms in total. The molecule has 2 saturated heterocycles. The number of benzene rings is 1. The van der Waals surface area contributed by atoms with E-state index in [4.69, 9.17) is 0 Å². The summed E-state index contributed by atoms with van der Waals surface area (Å²) in [5.74, 6) is 0.599. The maximum absolute atomic E-state index is 12.8. The van der Waals surface area contributed by atoms with Gasteiger partial charge in [0.25, 0.3) is 5.91 Å². The quantitative estimate of drug-likeness (QED) is 0.696. The van der Waals surface area contributed by atoms with E-state index in [2.05, 4.69) is 39.1 Å². The summed E-state index contributed by atoms with van der Waals surface area (Å²) in [4.78, 5) is 40.4. The second-order valence-electron chi connectivity index (χ2n) is 7.45. The van der Waals surface area contributed by atoms with Gasteiger partial charge < -0.3 is 14.7 Å². The third-order valence-electron chi connectivity index (χ3n) is 5.54. The van der Waals surface area contributed by atoms with Gasteiger partial charge in [-0.2, -0.15) is 0 Å². The van der Waals surface area contributed by atoms with Gasteiger partial charge in [-0.1, -0.05) is 30.3 Å². The van der Waals surface area contributed by atoms with Crippen molar-refractivity contribution >= 4 is 18.3 Å². The molecule has 152 valence electrons. The standard InChI is InChI=1S/C21H26N6O2/c28-17-25-8-12-27(13-9-25)21-22-14-19(15-23-21)20(29)26-10-6-24(7-11-26)16-18-4-2-1-3-5-18/h1-5,14-15,17H,6-13,16H2. The Bertz CT molecular complexity index is 813. The maximum atomic E-state index is 12.8. The minimum atomic E-state index is -0.0123. The summed E-state index contributed by atoms with van der Waals surface area (Å²) in [6.45, 7) is 6.80. The number of carbonyl (C=O) groups excluding carboxylic acids is 2. The largest absolute Gasteiger partial charge is 0.342 e. The zero-order valence-corrected chi connectivity index (χ0v) is 16.5. The van der Waals surface area contributed by atoms with Gasteiger partial charge in [0, 0.05) is 71.3 Å². The highest BCUT2D eigenvalue weighted by atomic mass is 16.2. The second kappa shape index (κ2) is 9.00. The number of amides is 2. The molecule has 8 heteroatoms. The van der Waals surface area contributed by atoms with E-state index in [-0.39, 0.29) is 5.91 Å². The van der Waals surface area contributed by atoms with Crippen molar-refractivity contribution in [3.63, 3.8) is 0 Å². The summed E-state index contributed by atoms with van der Waals surface area (Å²) in [5.41, 5.74) is 1.82. The summed E-state index contributed by atoms with van der Waals surface area (Å²) < 4.78 is 0. The Morgan fingerprint density at radius 3 is 2.17 bits per heavy atom. The Morgan fingerprint density at radius 2 is 1.55 bits per heavy atom. The summed E-state index contributed by atoms with van der Waals surface area (Å²) >= 11 is 0. The lowest BCUT2D eigenvalue weighted by atomic mass is 10.2. The summed E-state index contributed by atoms with van der Waals surface area (Å²) in [6.07, 6.45) is 4.11. The molecule has 2 aliphatic rings. The van der Waals surface area contributed by atoms with Crippen molar-refractivity contribution in [2.24, 2.45) is 0 Å². The first-order valence-electron chi connectivity index (χ1n) is 10.0. The normalized spacial score (nSPS) is 18.0. The molecular weight excluding hydrogens is 368 g/mol. The van der Waals surface area contributed by atoms with Crippen LogP contribution in [-0.2, 0) is 11.3 Å². The van der Waals surface area contributed by atoms with Crippen LogP contribution in [0.4, 0.5) is 5.95 Å². The average Bonchev–Trinajstić information content (AvgIpc) is 2.80. The van der Waals surface area contributed by atoms with Gasteiger partial charge in [0.2, 0.25) is 12.4 Å². The molecule has 29 heavy (non-hydrogen) atoms. The average molecular weight is 394 g/mol. The van der Waals surface area contributed by atoms with E-state index in [1.165, 1.54) is 5.56 Å². The van der Waals surface area contributed by atoms with Crippen LogP contribution in [0.3, 0.4) is 0 Å². The molecule has 2 aromatic rings. The molecule has 0 spiro atoms. The molecule has 0 radical (unpaired) electrons. The zero-order chi connectivity index (χ0) is 20.1. The van der Waals surface area contributed by atoms with Crippen molar-refractivity contribution in [3.8, 4) is 0 Å². The van der Waals surface area contributed by atoms with E-state index in [0.717, 1.165) is 26.0 Å². The fraction of sp³-hybridized carbons (Fsp3) is 0.429. The molecule has 0 aliphatic carbocycles. The molecule has 0 bridgehead atoms. The number of hydrogen-bond acceptors (Lipinski definition) is 6. The number of anilines is 1. The summed E-state index contributed by atoms with van der Waals surface area (Å²) in [6, 6.07) is 10.4. The van der Waals surface area contributed by atoms with Crippen LogP contribution < -0.4 is 4.90 Å². The lowest BCUT2D eigenvalue weighted by molar-refractivity contribution is -0.118. The lowest BCUT2D eigenvalue weighted by Crippen LogP contribution is -2.48. The molecule has 2 amide bonds. The van der Waals surface area contributed by atoms with E-state index < -0.39 is 0 Å². The smallest absolute Gasteiger partial charge is 0.257 e. The van der Waals surface area contributed by atoms with Crippen molar-refractivity contribution in [3.05, 3.63) is 53.9 Å². The molecular formula is C21H26N6O2. The van der Waals surface area contributed by atoms with Crippen molar-refractivity contribution in [1.29, 1.82) is 0 Å². The van der Waals surface area contributed by atoms with Crippen molar-refractivity contribution in [2.45, 2.75) is 6.54 Å². The molecule has 0 saturated carbocycles. The highest BCUT2D eigenvalue weighted by Crippen LogP contribution is 2.14. The molecule has 2 fully saturated rings. The van der Waals surface area contributed by atoms with Crippen molar-refractivity contribution in [2.75, 3.05) is 57.3 Å². The third-order valence-corrected chi connectivity index (χ3v) is 5.54. The van der Waals surface area contributed by atoms with E-state index in [1.807, 2.05) is 15.9 Å². The summed E-state index contributed by atoms with van der Waals surface area (Å²) in [7, 11) is 0. The van der Waals surface area contributed by atoms with E-state index in [1.54, 1.807) is 17.3 Å². The number of nitrogens with zero attached hydrogens (tertiary/aromatic N) is 6. The number of aromatic nitrogens is 2. The van der Waals surface area contributed by atoms with Gasteiger partial charge in [0.05, 0.1) is 5.56 Å². The van der Waals surface area contributed by atoms with E-state index in [0.29, 0.717) is 50.8 Å². The van der Waals surface area contributed by atoms with Crippen LogP contribution in [-0.4, -0.2) is 89.3 Å². The van der Waals surface area contributed by atoms with Crippen LogP contribution >= 0.6 is 0 Å². The van der Waals surface area contributed by atoms with Gasteiger partial charge in [-0.3, -0.25) is 14.5 Å². The van der Waals surface area contributed by atoms with Gasteiger partial charge >= 0.3 is 0 Å². The highest BCUT2D eigenvalue weighted by Gasteiger charge is 2.23. The minimum absolute atomic E-state index is 0.0123. The first kappa shape index (κ1) is 19.3. The van der Waals surface area contributed by atoms with Crippen LogP contribution in [0.5, 0.6) is 0 Å². The van der Waals surface area contributed by atoms with E-state index >= 15 is 0 Å². The van der Waals surface area contributed by atoms with Gasteiger partial charge in [0.15, 0.2) is 0 Å². The third kappa shape index (κ3) is 4.71. The molecule has 0 atom stereocenters. The highest BCUT2D eigenvalue weighted by molar-refractivity contribution is 5.93. The molecule has 3 heterocycles. The SMILES string of the molecule is O=CN1CCN(c2ncc(C(=O)N3CCN(Cc4ccccc4)CC3)cn2)CC1. The number of hydrogen-bond donors (Lipinski definition) is 0. The first-order valence-corrected chi connectivity index (χ1v) is 10.0. The molecule has 1 aromatic heterocycles. The van der Waals surface area contributed by atoms with Crippen LogP contribution in [0.2, 0.25) is 0 Å². The molecule has 1 aromatic carbocycles. The predicted octanol–water partition coefficient (Wildman–Crippen LogP) is 0.713. The van der Waals surface area contributed by atoms with Gasteiger partial charge in [-0.15, -0.1) is 0 Å². The van der Waals surface area contributed by atoms with Crippen LogP contribution in [0, 0.1) is 0 Å². The Hall–Kier alpha value is -3.00. The minimum Gasteiger partial charge on any atom is -0.342 e. The zero-order valence-electron chi connectivity index (χ0n) is 16.5. The molecule has 4 rings (SSSR count). The number of piperazine rings is 2. The van der Waals surface area contributed by atoms with Crippen LogP contribution in [0.1, 0.15) is 15.9 Å². The van der Waals surface area contributed by atoms with Gasteiger partial charge in [-0.25, -0.2) is 9.97 Å². The predicted molar refractivity (Wildman–Crippen MR) is 110 cm³/mol. The fourth-order valence-corrected chi connectivity index (χ4v) is 3.76. The topological polar surface area (TPSA) is 72.9 Å². The summed E-state index contributed by atoms with van der Waals surface area (Å²) in [5, 5.41) is 0. The monoisotopic (exact) mass is 394 g/mol. The van der Waals surface area contributed by atoms with Crippen LogP contribution in [0.15, 0.2) is 42.7 Å². The van der Waals surface area contributed by atoms with E-state index in [9.17, 15) is 9.59 Å². The van der Waals surface area contributed by atoms with Gasteiger partial charge in [-0.05, 0) is 5.56 Å². The van der Waals surface area contributed by atoms with Crippen molar-refractivity contribution in [1.82, 2.24) is 24.7 Å². The first-order chi connectivity index (χ1) is 14.2. The fourth-order valence-electron chi connectivity index (χ4n) is 3.76. The second-order valence-corrected chi connectivity index (χ2v) is 7.45. The van der Waals surface area contributed by atoms with Crippen LogP contribution in [0.25, 0.3) is 0 Å². The van der Waals surface area contributed by atoms with Gasteiger partial charge in [0.1, 0.15) is 0 Å². The van der Waals surface area contributed by atoms with Crippen molar-refractivity contribution < 1.29 is 9.59 Å². The Labute approximate surface area is 170 Å². The lowest BCUT2D eigenvalue weighted by Gasteiger charge is -2.35. The molecule has 2 aliphatic heterocycles.